The Balaban J connectivity index is 2.44. The van der Waals surface area contributed by atoms with E-state index in [4.69, 9.17) is 0 Å². The number of halogens is 3. The molecule has 0 aliphatic rings. The van der Waals surface area contributed by atoms with Gasteiger partial charge in [0.1, 0.15) is 5.82 Å². The molecule has 0 radical (unpaired) electrons. The van der Waals surface area contributed by atoms with Crippen molar-refractivity contribution in [2.24, 2.45) is 0 Å². The van der Waals surface area contributed by atoms with Crippen LogP contribution in [0.3, 0.4) is 0 Å². The Morgan fingerprint density at radius 2 is 2.12 bits per heavy atom. The van der Waals surface area contributed by atoms with Crippen molar-refractivity contribution in [2.45, 2.75) is 19.0 Å². The van der Waals surface area contributed by atoms with Crippen LogP contribution in [0, 0.1) is 0 Å². The Morgan fingerprint density at radius 3 is 2.76 bits per heavy atom. The lowest BCUT2D eigenvalue weighted by molar-refractivity contribution is -0.137. The van der Waals surface area contributed by atoms with Crippen molar-refractivity contribution in [3.05, 3.63) is 23.9 Å². The molecule has 0 aromatic carbocycles. The molecule has 2 nitrogen and oxygen atoms in total. The second-order valence-electron chi connectivity index (χ2n) is 3.55. The van der Waals surface area contributed by atoms with Crippen molar-refractivity contribution in [1.82, 2.24) is 4.98 Å². The van der Waals surface area contributed by atoms with Crippen molar-refractivity contribution < 1.29 is 13.2 Å². The first-order chi connectivity index (χ1) is 8.04. The Hall–Kier alpha value is -0.910. The predicted molar refractivity (Wildman–Crippen MR) is 65.3 cm³/mol. The summed E-state index contributed by atoms with van der Waals surface area (Å²) in [4.78, 5) is 3.85. The summed E-state index contributed by atoms with van der Waals surface area (Å²) in [5.41, 5.74) is -0.667. The van der Waals surface area contributed by atoms with Crippen LogP contribution in [0.1, 0.15) is 18.4 Å². The smallest absolute Gasteiger partial charge is 0.370 e. The molecule has 0 fully saturated rings. The Kier molecular flexibility index (Phi) is 5.61. The molecule has 0 spiro atoms. The molecule has 0 unspecified atom stereocenters. The molecule has 0 atom stereocenters. The summed E-state index contributed by atoms with van der Waals surface area (Å²) in [5.74, 6) is 1.35. The molecule has 6 heteroatoms. The first kappa shape index (κ1) is 14.2. The summed E-state index contributed by atoms with van der Waals surface area (Å²) in [5, 5.41) is 2.90. The minimum Gasteiger partial charge on any atom is -0.370 e. The van der Waals surface area contributed by atoms with Gasteiger partial charge in [-0.25, -0.2) is 4.98 Å². The van der Waals surface area contributed by atoms with Gasteiger partial charge in [0.2, 0.25) is 0 Å². The first-order valence-corrected chi connectivity index (χ1v) is 6.69. The maximum Gasteiger partial charge on any atom is 0.416 e. The standard InChI is InChI=1S/C11H15F3N2S/c1-17-7-3-2-5-15-10-8-9(4-6-16-10)11(12,13)14/h4,6,8H,2-3,5,7H2,1H3,(H,15,16). The number of alkyl halides is 3. The molecule has 1 rings (SSSR count). The predicted octanol–water partition coefficient (Wildman–Crippen LogP) is 3.66. The lowest BCUT2D eigenvalue weighted by Crippen LogP contribution is -2.08. The van der Waals surface area contributed by atoms with Gasteiger partial charge in [0.05, 0.1) is 5.56 Å². The van der Waals surface area contributed by atoms with E-state index in [0.717, 1.165) is 30.7 Å². The fraction of sp³-hybridized carbons (Fsp3) is 0.545. The molecule has 0 saturated heterocycles. The second kappa shape index (κ2) is 6.74. The van der Waals surface area contributed by atoms with Gasteiger partial charge in [-0.1, -0.05) is 0 Å². The second-order valence-corrected chi connectivity index (χ2v) is 4.54. The van der Waals surface area contributed by atoms with Crippen molar-refractivity contribution in [1.29, 1.82) is 0 Å². The first-order valence-electron chi connectivity index (χ1n) is 5.30. The van der Waals surface area contributed by atoms with E-state index in [-0.39, 0.29) is 5.82 Å². The fourth-order valence-corrected chi connectivity index (χ4v) is 1.78. The zero-order chi connectivity index (χ0) is 12.7. The molecule has 1 N–H and O–H groups in total. The molecular formula is C11H15F3N2S. The maximum atomic E-state index is 12.4. The molecule has 1 heterocycles. The molecule has 0 bridgehead atoms. The van der Waals surface area contributed by atoms with Crippen LogP contribution in [0.2, 0.25) is 0 Å². The summed E-state index contributed by atoms with van der Waals surface area (Å²) in [6.45, 7) is 0.648. The number of hydrogen-bond donors (Lipinski definition) is 1. The van der Waals surface area contributed by atoms with Gasteiger partial charge in [-0.2, -0.15) is 24.9 Å². The van der Waals surface area contributed by atoms with Gasteiger partial charge in [0.25, 0.3) is 0 Å². The number of thioether (sulfide) groups is 1. The SMILES string of the molecule is CSCCCCNc1cc(C(F)(F)F)ccn1. The third-order valence-electron chi connectivity index (χ3n) is 2.17. The summed E-state index contributed by atoms with van der Waals surface area (Å²) in [6.07, 6.45) is 0.874. The van der Waals surface area contributed by atoms with Crippen LogP contribution in [-0.4, -0.2) is 23.5 Å². The number of pyridine rings is 1. The highest BCUT2D eigenvalue weighted by Gasteiger charge is 2.30. The van der Waals surface area contributed by atoms with E-state index in [1.54, 1.807) is 11.8 Å². The zero-order valence-corrected chi connectivity index (χ0v) is 10.4. The summed E-state index contributed by atoms with van der Waals surface area (Å²) >= 11 is 1.76. The normalized spacial score (nSPS) is 11.5. The van der Waals surface area contributed by atoms with E-state index >= 15 is 0 Å². The van der Waals surface area contributed by atoms with E-state index in [2.05, 4.69) is 10.3 Å². The number of hydrogen-bond acceptors (Lipinski definition) is 3. The minimum atomic E-state index is -4.31. The Labute approximate surface area is 103 Å². The molecule has 0 aliphatic heterocycles. The molecule has 0 saturated carbocycles. The van der Waals surface area contributed by atoms with Gasteiger partial charge in [0.15, 0.2) is 0 Å². The van der Waals surface area contributed by atoms with Crippen LogP contribution < -0.4 is 5.32 Å². The minimum absolute atomic E-state index is 0.281. The highest BCUT2D eigenvalue weighted by molar-refractivity contribution is 7.98. The van der Waals surface area contributed by atoms with Gasteiger partial charge >= 0.3 is 6.18 Å². The molecule has 1 aromatic heterocycles. The topological polar surface area (TPSA) is 24.9 Å². The molecular weight excluding hydrogens is 249 g/mol. The van der Waals surface area contributed by atoms with Crippen LogP contribution in [0.25, 0.3) is 0 Å². The van der Waals surface area contributed by atoms with Crippen LogP contribution >= 0.6 is 11.8 Å². The number of nitrogens with zero attached hydrogens (tertiary/aromatic N) is 1. The van der Waals surface area contributed by atoms with E-state index in [1.807, 2.05) is 6.26 Å². The summed E-state index contributed by atoms with van der Waals surface area (Å²) in [6, 6.07) is 2.01. The quantitative estimate of drug-likeness (QED) is 0.794. The van der Waals surface area contributed by atoms with E-state index in [1.165, 1.54) is 6.20 Å². The number of aromatic nitrogens is 1. The average molecular weight is 264 g/mol. The zero-order valence-electron chi connectivity index (χ0n) is 9.55. The number of anilines is 1. The van der Waals surface area contributed by atoms with Crippen molar-refractivity contribution in [3.63, 3.8) is 0 Å². The third kappa shape index (κ3) is 5.30. The molecule has 0 aliphatic carbocycles. The Bertz CT molecular complexity index is 342. The molecule has 96 valence electrons. The summed E-state index contributed by atoms with van der Waals surface area (Å²) in [7, 11) is 0. The van der Waals surface area contributed by atoms with E-state index in [0.29, 0.717) is 6.54 Å². The average Bonchev–Trinajstić information content (AvgIpc) is 2.28. The van der Waals surface area contributed by atoms with E-state index < -0.39 is 11.7 Å². The van der Waals surface area contributed by atoms with Gasteiger partial charge in [0, 0.05) is 12.7 Å². The maximum absolute atomic E-state index is 12.4. The lowest BCUT2D eigenvalue weighted by atomic mass is 10.2. The van der Waals surface area contributed by atoms with Crippen molar-refractivity contribution in [2.75, 3.05) is 23.9 Å². The number of rotatable bonds is 6. The molecule has 0 amide bonds. The van der Waals surface area contributed by atoms with Crippen molar-refractivity contribution >= 4 is 17.6 Å². The van der Waals surface area contributed by atoms with Crippen molar-refractivity contribution in [3.8, 4) is 0 Å². The van der Waals surface area contributed by atoms with Gasteiger partial charge in [-0.3, -0.25) is 0 Å². The van der Waals surface area contributed by atoms with Crippen LogP contribution in [-0.2, 0) is 6.18 Å². The van der Waals surface area contributed by atoms with Crippen LogP contribution in [0.15, 0.2) is 18.3 Å². The number of unbranched alkanes of at least 4 members (excludes halogenated alkanes) is 1. The Morgan fingerprint density at radius 1 is 1.35 bits per heavy atom. The highest BCUT2D eigenvalue weighted by atomic mass is 32.2. The van der Waals surface area contributed by atoms with Gasteiger partial charge in [-0.15, -0.1) is 0 Å². The molecule has 1 aromatic rings. The van der Waals surface area contributed by atoms with Crippen LogP contribution in [0.4, 0.5) is 19.0 Å². The third-order valence-corrected chi connectivity index (χ3v) is 2.87. The highest BCUT2D eigenvalue weighted by Crippen LogP contribution is 2.29. The van der Waals surface area contributed by atoms with E-state index in [9.17, 15) is 13.2 Å². The van der Waals surface area contributed by atoms with Gasteiger partial charge in [-0.05, 0) is 37.0 Å². The summed E-state index contributed by atoms with van der Waals surface area (Å²) < 4.78 is 37.2. The van der Waals surface area contributed by atoms with Crippen LogP contribution in [0.5, 0.6) is 0 Å². The van der Waals surface area contributed by atoms with Gasteiger partial charge < -0.3 is 5.32 Å². The lowest BCUT2D eigenvalue weighted by Gasteiger charge is -2.09. The molecule has 17 heavy (non-hydrogen) atoms. The number of nitrogens with one attached hydrogen (secondary N) is 1. The monoisotopic (exact) mass is 264 g/mol. The largest absolute Gasteiger partial charge is 0.416 e. The fourth-order valence-electron chi connectivity index (χ4n) is 1.29.